The minimum atomic E-state index is -1.12. The zero-order valence-corrected chi connectivity index (χ0v) is 12.6. The molecule has 5 nitrogen and oxygen atoms in total. The van der Waals surface area contributed by atoms with E-state index in [9.17, 15) is 14.7 Å². The minimum absolute atomic E-state index is 0.280. The first-order valence-electron chi connectivity index (χ1n) is 7.13. The SMILES string of the molecule is Cc1ccc(OC(C)C(=O)N2CCCC2(C)C(=O)O)cc1. The maximum atomic E-state index is 12.5. The zero-order chi connectivity index (χ0) is 15.6. The number of ether oxygens (including phenoxy) is 1. The number of carbonyl (C=O) groups is 2. The van der Waals surface area contributed by atoms with Crippen molar-refractivity contribution in [3.63, 3.8) is 0 Å². The van der Waals surface area contributed by atoms with Crippen LogP contribution in [0.15, 0.2) is 24.3 Å². The summed E-state index contributed by atoms with van der Waals surface area (Å²) in [6, 6.07) is 7.42. The number of likely N-dealkylation sites (tertiary alicyclic amines) is 1. The molecular formula is C16H21NO4. The van der Waals surface area contributed by atoms with Gasteiger partial charge in [0.25, 0.3) is 5.91 Å². The third kappa shape index (κ3) is 3.01. The Morgan fingerprint density at radius 3 is 2.52 bits per heavy atom. The Bertz CT molecular complexity index is 540. The van der Waals surface area contributed by atoms with E-state index in [1.807, 2.05) is 19.1 Å². The molecule has 1 N–H and O–H groups in total. The first kappa shape index (κ1) is 15.4. The first-order valence-corrected chi connectivity index (χ1v) is 7.13. The highest BCUT2D eigenvalue weighted by Crippen LogP contribution is 2.30. The van der Waals surface area contributed by atoms with Gasteiger partial charge in [-0.3, -0.25) is 4.79 Å². The second kappa shape index (κ2) is 5.76. The van der Waals surface area contributed by atoms with Crippen LogP contribution in [0.1, 0.15) is 32.3 Å². The van der Waals surface area contributed by atoms with Crippen LogP contribution in [0.25, 0.3) is 0 Å². The van der Waals surface area contributed by atoms with Crippen molar-refractivity contribution in [2.45, 2.75) is 45.3 Å². The largest absolute Gasteiger partial charge is 0.481 e. The highest BCUT2D eigenvalue weighted by atomic mass is 16.5. The molecule has 2 rings (SSSR count). The molecule has 5 heteroatoms. The van der Waals surface area contributed by atoms with Crippen LogP contribution in [0, 0.1) is 6.92 Å². The van der Waals surface area contributed by atoms with Gasteiger partial charge >= 0.3 is 5.97 Å². The Morgan fingerprint density at radius 1 is 1.33 bits per heavy atom. The predicted molar refractivity (Wildman–Crippen MR) is 78.3 cm³/mol. The van der Waals surface area contributed by atoms with Gasteiger partial charge in [-0.1, -0.05) is 17.7 Å². The number of nitrogens with zero attached hydrogens (tertiary/aromatic N) is 1. The average molecular weight is 291 g/mol. The molecule has 1 aromatic carbocycles. The third-order valence-electron chi connectivity index (χ3n) is 4.05. The van der Waals surface area contributed by atoms with E-state index in [1.165, 1.54) is 4.90 Å². The number of hydrogen-bond donors (Lipinski definition) is 1. The molecule has 1 heterocycles. The van der Waals surface area contributed by atoms with Gasteiger partial charge in [-0.15, -0.1) is 0 Å². The topological polar surface area (TPSA) is 66.8 Å². The Balaban J connectivity index is 2.08. The molecule has 1 aliphatic heterocycles. The predicted octanol–water partition coefficient (Wildman–Crippen LogP) is 2.23. The van der Waals surface area contributed by atoms with Gasteiger partial charge in [0.1, 0.15) is 11.3 Å². The van der Waals surface area contributed by atoms with Crippen molar-refractivity contribution in [3.8, 4) is 5.75 Å². The summed E-state index contributed by atoms with van der Waals surface area (Å²) in [6.07, 6.45) is 0.474. The van der Waals surface area contributed by atoms with Gasteiger partial charge in [0, 0.05) is 6.54 Å². The molecule has 1 amide bonds. The lowest BCUT2D eigenvalue weighted by Gasteiger charge is -2.33. The van der Waals surface area contributed by atoms with E-state index in [0.29, 0.717) is 25.1 Å². The molecule has 1 aliphatic rings. The molecule has 0 aromatic heterocycles. The molecule has 1 fully saturated rings. The van der Waals surface area contributed by atoms with E-state index in [2.05, 4.69) is 0 Å². The number of carboxylic acids is 1. The maximum absolute atomic E-state index is 12.5. The van der Waals surface area contributed by atoms with Crippen molar-refractivity contribution in [2.75, 3.05) is 6.54 Å². The van der Waals surface area contributed by atoms with Crippen molar-refractivity contribution >= 4 is 11.9 Å². The number of rotatable bonds is 4. The molecule has 2 unspecified atom stereocenters. The monoisotopic (exact) mass is 291 g/mol. The van der Waals surface area contributed by atoms with Gasteiger partial charge in [0.15, 0.2) is 6.10 Å². The average Bonchev–Trinajstić information content (AvgIpc) is 2.84. The van der Waals surface area contributed by atoms with Crippen LogP contribution < -0.4 is 4.74 Å². The Morgan fingerprint density at radius 2 is 1.95 bits per heavy atom. The van der Waals surface area contributed by atoms with E-state index in [0.717, 1.165) is 5.56 Å². The Labute approximate surface area is 124 Å². The van der Waals surface area contributed by atoms with Crippen molar-refractivity contribution < 1.29 is 19.4 Å². The van der Waals surface area contributed by atoms with Crippen LogP contribution >= 0.6 is 0 Å². The standard InChI is InChI=1S/C16H21NO4/c1-11-5-7-13(8-6-11)21-12(2)14(18)17-10-4-9-16(17,3)15(19)20/h5-8,12H,4,9-10H2,1-3H3,(H,19,20). The summed E-state index contributed by atoms with van der Waals surface area (Å²) in [5.41, 5.74) is -0.0126. The summed E-state index contributed by atoms with van der Waals surface area (Å²) in [5, 5.41) is 9.36. The van der Waals surface area contributed by atoms with Crippen LogP contribution in [-0.2, 0) is 9.59 Å². The fourth-order valence-electron chi connectivity index (χ4n) is 2.63. The highest BCUT2D eigenvalue weighted by Gasteiger charge is 2.47. The van der Waals surface area contributed by atoms with Gasteiger partial charge in [0.2, 0.25) is 0 Å². The molecule has 0 aliphatic carbocycles. The molecule has 1 aromatic rings. The second-order valence-electron chi connectivity index (χ2n) is 5.75. The fraction of sp³-hybridized carbons (Fsp3) is 0.500. The van der Waals surface area contributed by atoms with Gasteiger partial charge in [-0.25, -0.2) is 4.79 Å². The van der Waals surface area contributed by atoms with Gasteiger partial charge in [-0.2, -0.15) is 0 Å². The van der Waals surface area contributed by atoms with E-state index < -0.39 is 17.6 Å². The van der Waals surface area contributed by atoms with Crippen LogP contribution in [0.3, 0.4) is 0 Å². The van der Waals surface area contributed by atoms with Crippen molar-refractivity contribution in [1.29, 1.82) is 0 Å². The number of aryl methyl sites for hydroxylation is 1. The van der Waals surface area contributed by atoms with Crippen LogP contribution in [0.5, 0.6) is 5.75 Å². The molecule has 0 bridgehead atoms. The molecule has 114 valence electrons. The maximum Gasteiger partial charge on any atom is 0.329 e. The van der Waals surface area contributed by atoms with Crippen molar-refractivity contribution in [2.24, 2.45) is 0 Å². The molecule has 21 heavy (non-hydrogen) atoms. The number of carbonyl (C=O) groups excluding carboxylic acids is 1. The molecular weight excluding hydrogens is 270 g/mol. The lowest BCUT2D eigenvalue weighted by molar-refractivity contribution is -0.157. The van der Waals surface area contributed by atoms with E-state index >= 15 is 0 Å². The molecule has 0 spiro atoms. The Kier molecular flexibility index (Phi) is 4.21. The number of hydrogen-bond acceptors (Lipinski definition) is 3. The highest BCUT2D eigenvalue weighted by molar-refractivity contribution is 5.89. The van der Waals surface area contributed by atoms with Crippen molar-refractivity contribution in [1.82, 2.24) is 4.90 Å². The Hall–Kier alpha value is -2.04. The van der Waals surface area contributed by atoms with Crippen LogP contribution in [0.2, 0.25) is 0 Å². The van der Waals surface area contributed by atoms with Crippen molar-refractivity contribution in [3.05, 3.63) is 29.8 Å². The lowest BCUT2D eigenvalue weighted by Crippen LogP contribution is -2.54. The van der Waals surface area contributed by atoms with Crippen LogP contribution in [-0.4, -0.2) is 40.1 Å². The van der Waals surface area contributed by atoms with Gasteiger partial charge < -0.3 is 14.7 Å². The second-order valence-corrected chi connectivity index (χ2v) is 5.75. The molecule has 2 atom stereocenters. The molecule has 0 radical (unpaired) electrons. The van der Waals surface area contributed by atoms with E-state index in [-0.39, 0.29) is 5.91 Å². The quantitative estimate of drug-likeness (QED) is 0.923. The third-order valence-corrected chi connectivity index (χ3v) is 4.05. The number of carboxylic acid groups (broad SMARTS) is 1. The lowest BCUT2D eigenvalue weighted by atomic mass is 9.99. The van der Waals surface area contributed by atoms with Gasteiger partial charge in [0.05, 0.1) is 0 Å². The number of amides is 1. The minimum Gasteiger partial charge on any atom is -0.481 e. The van der Waals surface area contributed by atoms with Gasteiger partial charge in [-0.05, 0) is 45.7 Å². The summed E-state index contributed by atoms with van der Waals surface area (Å²) >= 11 is 0. The summed E-state index contributed by atoms with van der Waals surface area (Å²) in [6.45, 7) is 5.69. The first-order chi connectivity index (χ1) is 9.84. The van der Waals surface area contributed by atoms with Crippen LogP contribution in [0.4, 0.5) is 0 Å². The summed E-state index contributed by atoms with van der Waals surface area (Å²) < 4.78 is 5.63. The summed E-state index contributed by atoms with van der Waals surface area (Å²) in [5.74, 6) is -0.633. The zero-order valence-electron chi connectivity index (χ0n) is 12.6. The normalized spacial score (nSPS) is 22.9. The summed E-state index contributed by atoms with van der Waals surface area (Å²) in [7, 11) is 0. The number of aliphatic carboxylic acids is 1. The molecule has 1 saturated heterocycles. The molecule has 0 saturated carbocycles. The fourth-order valence-corrected chi connectivity index (χ4v) is 2.63. The smallest absolute Gasteiger partial charge is 0.329 e. The number of benzene rings is 1. The van der Waals surface area contributed by atoms with E-state index in [4.69, 9.17) is 4.74 Å². The summed E-state index contributed by atoms with van der Waals surface area (Å²) in [4.78, 5) is 25.3. The van der Waals surface area contributed by atoms with E-state index in [1.54, 1.807) is 26.0 Å².